The lowest BCUT2D eigenvalue weighted by molar-refractivity contribution is -0.116. The van der Waals surface area contributed by atoms with E-state index in [1.165, 1.54) is 4.57 Å². The lowest BCUT2D eigenvalue weighted by atomic mass is 10.1. The number of carbonyl (C=O) groups is 1. The van der Waals surface area contributed by atoms with E-state index in [0.717, 1.165) is 11.3 Å². The summed E-state index contributed by atoms with van der Waals surface area (Å²) in [6.45, 7) is 2.43. The highest BCUT2D eigenvalue weighted by atomic mass is 16.2. The van der Waals surface area contributed by atoms with Crippen molar-refractivity contribution in [2.45, 2.75) is 26.3 Å². The molecule has 0 aliphatic rings. The molecular weight excluding hydrogens is 268 g/mol. The predicted molar refractivity (Wildman–Crippen MR) is 83.1 cm³/mol. The molecule has 0 saturated carbocycles. The minimum Gasteiger partial charge on any atom is -0.399 e. The summed E-state index contributed by atoms with van der Waals surface area (Å²) in [5.41, 5.74) is 7.98. The van der Waals surface area contributed by atoms with Crippen LogP contribution in [-0.2, 0) is 18.4 Å². The second-order valence-electron chi connectivity index (χ2n) is 5.11. The lowest BCUT2D eigenvalue weighted by Crippen LogP contribution is -2.22. The minimum atomic E-state index is -0.0650. The Balaban J connectivity index is 1.85. The number of nitrogen functional groups attached to an aromatic ring is 1. The molecule has 0 radical (unpaired) electrons. The summed E-state index contributed by atoms with van der Waals surface area (Å²) < 4.78 is 3.11. The Morgan fingerprint density at radius 3 is 2.71 bits per heavy atom. The fourth-order valence-corrected chi connectivity index (χ4v) is 2.13. The average Bonchev–Trinajstić information content (AvgIpc) is 2.74. The van der Waals surface area contributed by atoms with Crippen LogP contribution in [0, 0.1) is 6.92 Å². The summed E-state index contributed by atoms with van der Waals surface area (Å²) in [6, 6.07) is 5.37. The van der Waals surface area contributed by atoms with Crippen molar-refractivity contribution in [3.05, 3.63) is 46.6 Å². The zero-order valence-electron chi connectivity index (χ0n) is 12.3. The van der Waals surface area contributed by atoms with Gasteiger partial charge in [0.1, 0.15) is 0 Å². The first-order chi connectivity index (χ1) is 9.97. The maximum absolute atomic E-state index is 11.9. The molecule has 1 aromatic heterocycles. The van der Waals surface area contributed by atoms with E-state index in [0.29, 0.717) is 25.1 Å². The second-order valence-corrected chi connectivity index (χ2v) is 5.11. The fraction of sp³-hybridized carbons (Fsp3) is 0.333. The highest BCUT2D eigenvalue weighted by Crippen LogP contribution is 2.17. The van der Waals surface area contributed by atoms with Crippen LogP contribution in [-0.4, -0.2) is 15.0 Å². The summed E-state index contributed by atoms with van der Waals surface area (Å²) in [6.07, 6.45) is 4.42. The van der Waals surface area contributed by atoms with Crippen LogP contribution in [0.3, 0.4) is 0 Å². The molecule has 6 heteroatoms. The summed E-state index contributed by atoms with van der Waals surface area (Å²) >= 11 is 0. The van der Waals surface area contributed by atoms with E-state index >= 15 is 0 Å². The van der Waals surface area contributed by atoms with Crippen molar-refractivity contribution < 1.29 is 4.79 Å². The number of nitrogens with one attached hydrogen (secondary N) is 1. The number of imidazole rings is 1. The fourth-order valence-electron chi connectivity index (χ4n) is 2.13. The van der Waals surface area contributed by atoms with Gasteiger partial charge in [-0.25, -0.2) is 4.79 Å². The van der Waals surface area contributed by atoms with Crippen LogP contribution in [0.4, 0.5) is 11.4 Å². The molecule has 1 heterocycles. The SMILES string of the molecule is Cc1cc(N)ccc1NC(=O)CCCn1ccn(C)c1=O. The van der Waals surface area contributed by atoms with Gasteiger partial charge in [0.25, 0.3) is 0 Å². The summed E-state index contributed by atoms with van der Waals surface area (Å²) in [5, 5.41) is 2.86. The second kappa shape index (κ2) is 6.30. The zero-order chi connectivity index (χ0) is 15.4. The van der Waals surface area contributed by atoms with E-state index in [9.17, 15) is 9.59 Å². The first-order valence-electron chi connectivity index (χ1n) is 6.85. The van der Waals surface area contributed by atoms with E-state index < -0.39 is 0 Å². The maximum atomic E-state index is 11.9. The van der Waals surface area contributed by atoms with E-state index in [1.54, 1.807) is 36.1 Å². The van der Waals surface area contributed by atoms with Crippen LogP contribution < -0.4 is 16.7 Å². The molecule has 21 heavy (non-hydrogen) atoms. The molecule has 6 nitrogen and oxygen atoms in total. The molecule has 3 N–H and O–H groups in total. The van der Waals surface area contributed by atoms with Gasteiger partial charge in [0.15, 0.2) is 0 Å². The van der Waals surface area contributed by atoms with Gasteiger partial charge in [0.2, 0.25) is 5.91 Å². The zero-order valence-corrected chi connectivity index (χ0v) is 12.3. The van der Waals surface area contributed by atoms with Crippen molar-refractivity contribution in [1.82, 2.24) is 9.13 Å². The minimum absolute atomic E-state index is 0.0631. The molecule has 2 aromatic rings. The van der Waals surface area contributed by atoms with Crippen LogP contribution in [0.1, 0.15) is 18.4 Å². The number of amides is 1. The molecule has 0 bridgehead atoms. The normalized spacial score (nSPS) is 10.6. The van der Waals surface area contributed by atoms with Crippen LogP contribution in [0.5, 0.6) is 0 Å². The van der Waals surface area contributed by atoms with Crippen LogP contribution in [0.2, 0.25) is 0 Å². The monoisotopic (exact) mass is 288 g/mol. The molecule has 0 atom stereocenters. The average molecular weight is 288 g/mol. The van der Waals surface area contributed by atoms with Gasteiger partial charge in [-0.3, -0.25) is 9.36 Å². The van der Waals surface area contributed by atoms with Gasteiger partial charge in [-0.05, 0) is 37.1 Å². The molecule has 112 valence electrons. The number of rotatable bonds is 5. The number of nitrogens with zero attached hydrogens (tertiary/aromatic N) is 2. The van der Waals surface area contributed by atoms with Crippen LogP contribution in [0.25, 0.3) is 0 Å². The molecular formula is C15H20N4O2. The summed E-state index contributed by atoms with van der Waals surface area (Å²) in [4.78, 5) is 23.5. The van der Waals surface area contributed by atoms with E-state index in [-0.39, 0.29) is 11.6 Å². The molecule has 0 saturated heterocycles. The van der Waals surface area contributed by atoms with E-state index in [2.05, 4.69) is 5.32 Å². The number of aromatic nitrogens is 2. The highest BCUT2D eigenvalue weighted by Gasteiger charge is 2.06. The lowest BCUT2D eigenvalue weighted by Gasteiger charge is -2.09. The number of benzene rings is 1. The number of carbonyl (C=O) groups excluding carboxylic acids is 1. The van der Waals surface area contributed by atoms with Gasteiger partial charge in [-0.2, -0.15) is 0 Å². The van der Waals surface area contributed by atoms with E-state index in [4.69, 9.17) is 5.73 Å². The molecule has 1 amide bonds. The van der Waals surface area contributed by atoms with Gasteiger partial charge >= 0.3 is 5.69 Å². The van der Waals surface area contributed by atoms with Crippen LogP contribution in [0.15, 0.2) is 35.4 Å². The number of anilines is 2. The number of aryl methyl sites for hydroxylation is 3. The third kappa shape index (κ3) is 3.75. The molecule has 0 unspecified atom stereocenters. The standard InChI is InChI=1S/C15H20N4O2/c1-11-10-12(16)5-6-13(11)17-14(20)4-3-7-19-9-8-18(2)15(19)21/h5-6,8-10H,3-4,7,16H2,1-2H3,(H,17,20). The Labute approximate surface area is 123 Å². The quantitative estimate of drug-likeness (QED) is 0.818. The summed E-state index contributed by atoms with van der Waals surface area (Å²) in [5.74, 6) is -0.0631. The van der Waals surface area contributed by atoms with Gasteiger partial charge in [-0.1, -0.05) is 0 Å². The number of hydrogen-bond acceptors (Lipinski definition) is 3. The van der Waals surface area contributed by atoms with Crippen molar-refractivity contribution in [3.63, 3.8) is 0 Å². The van der Waals surface area contributed by atoms with Crippen molar-refractivity contribution in [2.24, 2.45) is 7.05 Å². The molecule has 0 spiro atoms. The van der Waals surface area contributed by atoms with Crippen molar-refractivity contribution in [3.8, 4) is 0 Å². The number of nitrogens with two attached hydrogens (primary N) is 1. The third-order valence-corrected chi connectivity index (χ3v) is 3.35. The van der Waals surface area contributed by atoms with Gasteiger partial charge in [0.05, 0.1) is 0 Å². The predicted octanol–water partition coefficient (Wildman–Crippen LogP) is 1.50. The molecule has 2 rings (SSSR count). The summed E-state index contributed by atoms with van der Waals surface area (Å²) in [7, 11) is 1.70. The van der Waals surface area contributed by atoms with Gasteiger partial charge in [-0.15, -0.1) is 0 Å². The highest BCUT2D eigenvalue weighted by molar-refractivity contribution is 5.91. The Morgan fingerprint density at radius 2 is 2.10 bits per heavy atom. The maximum Gasteiger partial charge on any atom is 0.327 e. The first-order valence-corrected chi connectivity index (χ1v) is 6.85. The third-order valence-electron chi connectivity index (χ3n) is 3.35. The van der Waals surface area contributed by atoms with Crippen LogP contribution >= 0.6 is 0 Å². The molecule has 1 aromatic carbocycles. The first kappa shape index (κ1) is 14.9. The Hall–Kier alpha value is -2.50. The Bertz CT molecular complexity index is 700. The molecule has 0 fully saturated rings. The van der Waals surface area contributed by atoms with Crippen molar-refractivity contribution in [2.75, 3.05) is 11.1 Å². The number of hydrogen-bond donors (Lipinski definition) is 2. The van der Waals surface area contributed by atoms with Gasteiger partial charge < -0.3 is 15.6 Å². The Morgan fingerprint density at radius 1 is 1.33 bits per heavy atom. The topological polar surface area (TPSA) is 82.0 Å². The van der Waals surface area contributed by atoms with Gasteiger partial charge in [0, 0.05) is 43.8 Å². The smallest absolute Gasteiger partial charge is 0.327 e. The van der Waals surface area contributed by atoms with Crippen molar-refractivity contribution >= 4 is 17.3 Å². The Kier molecular flexibility index (Phi) is 4.47. The van der Waals surface area contributed by atoms with E-state index in [1.807, 2.05) is 13.0 Å². The largest absolute Gasteiger partial charge is 0.399 e. The molecule has 0 aliphatic heterocycles. The van der Waals surface area contributed by atoms with Crippen molar-refractivity contribution in [1.29, 1.82) is 0 Å². The molecule has 0 aliphatic carbocycles.